The summed E-state index contributed by atoms with van der Waals surface area (Å²) < 4.78 is 33.0. The van der Waals surface area contributed by atoms with Crippen LogP contribution in [0.25, 0.3) is 0 Å². The van der Waals surface area contributed by atoms with E-state index >= 15 is 0 Å². The molecule has 7 nitrogen and oxygen atoms in total. The van der Waals surface area contributed by atoms with Gasteiger partial charge in [0, 0.05) is 26.7 Å². The van der Waals surface area contributed by atoms with E-state index in [1.165, 1.54) is 24.3 Å². The summed E-state index contributed by atoms with van der Waals surface area (Å²) in [6.07, 6.45) is 5.89. The molecule has 1 heterocycles. The second-order valence-corrected chi connectivity index (χ2v) is 12.0. The minimum atomic E-state index is -3.58. The van der Waals surface area contributed by atoms with Crippen LogP contribution in [0.2, 0.25) is 0 Å². The van der Waals surface area contributed by atoms with Gasteiger partial charge in [-0.25, -0.2) is 12.7 Å². The first-order chi connectivity index (χ1) is 17.9. The van der Waals surface area contributed by atoms with Crippen molar-refractivity contribution in [3.63, 3.8) is 0 Å². The molecule has 1 aliphatic rings. The fraction of sp³-hybridized carbons (Fsp3) is 0.552. The molecule has 0 amide bonds. The highest BCUT2D eigenvalue weighted by molar-refractivity contribution is 7.89. The third-order valence-corrected chi connectivity index (χ3v) is 9.21. The number of nitrogens with one attached hydrogen (secondary N) is 1. The number of hydrogen-bond acceptors (Lipinski definition) is 6. The molecular weight excluding hydrogens is 522 g/mol. The van der Waals surface area contributed by atoms with E-state index in [-0.39, 0.29) is 36.4 Å². The fourth-order valence-corrected chi connectivity index (χ4v) is 6.35. The van der Waals surface area contributed by atoms with Gasteiger partial charge in [0.2, 0.25) is 10.0 Å². The van der Waals surface area contributed by atoms with E-state index in [1.807, 2.05) is 24.3 Å². The number of likely N-dealkylation sites (N-methyl/N-ethyl adjacent to an activating group) is 1. The number of benzene rings is 2. The summed E-state index contributed by atoms with van der Waals surface area (Å²) in [5.74, 6) is -0.171. The van der Waals surface area contributed by atoms with Gasteiger partial charge in [0.1, 0.15) is 0 Å². The Kier molecular flexibility index (Phi) is 13.8. The van der Waals surface area contributed by atoms with Crippen molar-refractivity contribution in [1.29, 1.82) is 0 Å². The van der Waals surface area contributed by atoms with Crippen molar-refractivity contribution in [2.75, 3.05) is 40.3 Å². The molecule has 0 radical (unpaired) electrons. The van der Waals surface area contributed by atoms with Crippen molar-refractivity contribution >= 4 is 28.4 Å². The van der Waals surface area contributed by atoms with Gasteiger partial charge in [0.05, 0.1) is 24.1 Å². The highest BCUT2D eigenvalue weighted by Crippen LogP contribution is 2.27. The van der Waals surface area contributed by atoms with Gasteiger partial charge in [0.15, 0.2) is 0 Å². The van der Waals surface area contributed by atoms with Crippen LogP contribution < -0.4 is 5.32 Å². The Labute approximate surface area is 235 Å². The Balaban J connectivity index is 0.00000507. The Morgan fingerprint density at radius 3 is 2.39 bits per heavy atom. The predicted octanol–water partition coefficient (Wildman–Crippen LogP) is 4.89. The average Bonchev–Trinajstić information content (AvgIpc) is 2.94. The average molecular weight is 566 g/mol. The molecule has 0 aliphatic carbocycles. The number of esters is 1. The maximum absolute atomic E-state index is 13.2. The molecule has 0 spiro atoms. The quantitative estimate of drug-likeness (QED) is 0.259. The lowest BCUT2D eigenvalue weighted by Gasteiger charge is -2.40. The number of likely N-dealkylation sites (tertiary alicyclic amines) is 1. The van der Waals surface area contributed by atoms with Crippen molar-refractivity contribution in [3.05, 3.63) is 66.2 Å². The maximum atomic E-state index is 13.2. The van der Waals surface area contributed by atoms with Crippen molar-refractivity contribution in [1.82, 2.24) is 14.5 Å². The first-order valence-electron chi connectivity index (χ1n) is 13.5. The Hall–Kier alpha value is -1.97. The largest absolute Gasteiger partial charge is 0.469 e. The SMILES string of the molecule is CCCCCNC1CC(C(=O)OC)CCN1CCC(CN(C)S(=O)(=O)c1ccccc1)c1ccccc1.Cl. The molecule has 3 atom stereocenters. The van der Waals surface area contributed by atoms with Gasteiger partial charge < -0.3 is 10.1 Å². The van der Waals surface area contributed by atoms with Gasteiger partial charge in [-0.3, -0.25) is 9.69 Å². The van der Waals surface area contributed by atoms with Crippen LogP contribution >= 0.6 is 12.4 Å². The van der Waals surface area contributed by atoms with Gasteiger partial charge in [-0.05, 0) is 55.8 Å². The molecule has 1 saturated heterocycles. The zero-order chi connectivity index (χ0) is 26.7. The minimum Gasteiger partial charge on any atom is -0.469 e. The number of ether oxygens (including phenoxy) is 1. The maximum Gasteiger partial charge on any atom is 0.308 e. The highest BCUT2D eigenvalue weighted by Gasteiger charge is 2.33. The van der Waals surface area contributed by atoms with E-state index in [0.717, 1.165) is 50.9 Å². The summed E-state index contributed by atoms with van der Waals surface area (Å²) in [5, 5.41) is 3.68. The molecule has 9 heteroatoms. The first-order valence-corrected chi connectivity index (χ1v) is 14.9. The zero-order valence-corrected chi connectivity index (χ0v) is 24.6. The smallest absolute Gasteiger partial charge is 0.308 e. The molecule has 3 rings (SSSR count). The Morgan fingerprint density at radius 2 is 1.76 bits per heavy atom. The zero-order valence-electron chi connectivity index (χ0n) is 22.9. The summed E-state index contributed by atoms with van der Waals surface area (Å²) >= 11 is 0. The summed E-state index contributed by atoms with van der Waals surface area (Å²) in [4.78, 5) is 15.0. The van der Waals surface area contributed by atoms with Crippen LogP contribution in [0, 0.1) is 5.92 Å². The van der Waals surface area contributed by atoms with Gasteiger partial charge >= 0.3 is 5.97 Å². The molecule has 0 saturated carbocycles. The number of nitrogens with zero attached hydrogens (tertiary/aromatic N) is 2. The number of methoxy groups -OCH3 is 1. The minimum absolute atomic E-state index is 0. The summed E-state index contributed by atoms with van der Waals surface area (Å²) in [6.45, 7) is 5.14. The molecule has 212 valence electrons. The molecule has 1 aliphatic heterocycles. The van der Waals surface area contributed by atoms with E-state index in [1.54, 1.807) is 31.3 Å². The number of carbonyl (C=O) groups excluding carboxylic acids is 1. The number of piperidine rings is 1. The standard InChI is InChI=1S/C29H43N3O4S.ClH/c1-4-5-12-19-30-28-22-25(29(33)36-3)17-20-32(28)21-18-26(24-13-8-6-9-14-24)23-31(2)37(34,35)27-15-10-7-11-16-27;/h6-11,13-16,25-26,28,30H,4-5,12,17-23H2,1-3H3;1H. The van der Waals surface area contributed by atoms with Crippen LogP contribution in [0.15, 0.2) is 65.6 Å². The summed E-state index contributed by atoms with van der Waals surface area (Å²) in [7, 11) is -0.451. The Morgan fingerprint density at radius 1 is 1.11 bits per heavy atom. The molecule has 2 aromatic rings. The van der Waals surface area contributed by atoms with E-state index in [0.29, 0.717) is 11.4 Å². The number of unbranched alkanes of at least 4 members (excludes halogenated alkanes) is 2. The van der Waals surface area contributed by atoms with Crippen LogP contribution in [0.5, 0.6) is 0 Å². The molecule has 1 N–H and O–H groups in total. The molecule has 38 heavy (non-hydrogen) atoms. The third kappa shape index (κ3) is 9.06. The van der Waals surface area contributed by atoms with Crippen molar-refractivity contribution in [2.45, 2.75) is 62.4 Å². The van der Waals surface area contributed by atoms with Gasteiger partial charge in [0.25, 0.3) is 0 Å². The van der Waals surface area contributed by atoms with Gasteiger partial charge in [-0.2, -0.15) is 0 Å². The van der Waals surface area contributed by atoms with Gasteiger partial charge in [-0.1, -0.05) is 68.3 Å². The van der Waals surface area contributed by atoms with Crippen LogP contribution in [0.3, 0.4) is 0 Å². The lowest BCUT2D eigenvalue weighted by Crippen LogP contribution is -2.52. The number of hydrogen-bond donors (Lipinski definition) is 1. The monoisotopic (exact) mass is 565 g/mol. The van der Waals surface area contributed by atoms with E-state index in [2.05, 4.69) is 29.3 Å². The van der Waals surface area contributed by atoms with E-state index < -0.39 is 10.0 Å². The lowest BCUT2D eigenvalue weighted by molar-refractivity contribution is -0.148. The van der Waals surface area contributed by atoms with Crippen molar-refractivity contribution < 1.29 is 17.9 Å². The molecule has 0 aromatic heterocycles. The molecule has 2 aromatic carbocycles. The predicted molar refractivity (Wildman–Crippen MR) is 155 cm³/mol. The third-order valence-electron chi connectivity index (χ3n) is 7.37. The van der Waals surface area contributed by atoms with Crippen molar-refractivity contribution in [3.8, 4) is 0 Å². The number of carbonyl (C=O) groups is 1. The number of halogens is 1. The van der Waals surface area contributed by atoms with Crippen LogP contribution in [0.4, 0.5) is 0 Å². The van der Waals surface area contributed by atoms with Crippen LogP contribution in [-0.4, -0.2) is 70.1 Å². The second kappa shape index (κ2) is 16.2. The number of sulfonamides is 1. The molecular formula is C29H44ClN3O4S. The Bertz CT molecular complexity index is 1060. The van der Waals surface area contributed by atoms with Crippen LogP contribution in [-0.2, 0) is 19.6 Å². The molecule has 1 fully saturated rings. The van der Waals surface area contributed by atoms with E-state index in [9.17, 15) is 13.2 Å². The first kappa shape index (κ1) is 32.2. The normalized spacial score (nSPS) is 19.1. The topological polar surface area (TPSA) is 79.0 Å². The summed E-state index contributed by atoms with van der Waals surface area (Å²) in [5.41, 5.74) is 1.13. The summed E-state index contributed by atoms with van der Waals surface area (Å²) in [6, 6.07) is 18.8. The second-order valence-electron chi connectivity index (χ2n) is 9.95. The molecule has 0 bridgehead atoms. The van der Waals surface area contributed by atoms with E-state index in [4.69, 9.17) is 4.74 Å². The number of rotatable bonds is 14. The lowest BCUT2D eigenvalue weighted by atomic mass is 9.92. The van der Waals surface area contributed by atoms with Gasteiger partial charge in [-0.15, -0.1) is 12.4 Å². The highest BCUT2D eigenvalue weighted by atomic mass is 35.5. The fourth-order valence-electron chi connectivity index (χ4n) is 5.11. The van der Waals surface area contributed by atoms with Crippen LogP contribution in [0.1, 0.15) is 56.9 Å². The van der Waals surface area contributed by atoms with Crippen molar-refractivity contribution in [2.24, 2.45) is 5.92 Å². The molecule has 3 unspecified atom stereocenters.